The van der Waals surface area contributed by atoms with Crippen molar-refractivity contribution in [3.05, 3.63) is 12.4 Å². The van der Waals surface area contributed by atoms with Crippen LogP contribution in [0.3, 0.4) is 0 Å². The van der Waals surface area contributed by atoms with Gasteiger partial charge in [-0.3, -0.25) is 4.98 Å². The summed E-state index contributed by atoms with van der Waals surface area (Å²) in [5.41, 5.74) is 0. The number of rotatable bonds is 6. The van der Waals surface area contributed by atoms with Crippen molar-refractivity contribution < 1.29 is 4.74 Å². The maximum Gasteiger partial charge on any atom is 0.234 e. The number of ether oxygens (including phenoxy) is 1. The first-order valence-electron chi connectivity index (χ1n) is 7.27. The van der Waals surface area contributed by atoms with Crippen LogP contribution < -0.4 is 15.0 Å². The van der Waals surface area contributed by atoms with Crippen LogP contribution >= 0.6 is 0 Å². The molecule has 0 aromatic carbocycles. The average Bonchev–Trinajstić information content (AvgIpc) is 2.46. The van der Waals surface area contributed by atoms with Gasteiger partial charge in [0.1, 0.15) is 0 Å². The Hall–Kier alpha value is -1.36. The molecule has 0 radical (unpaired) electrons. The summed E-state index contributed by atoms with van der Waals surface area (Å²) in [6, 6.07) is 0.514. The molecule has 0 aliphatic carbocycles. The van der Waals surface area contributed by atoms with E-state index in [1.165, 1.54) is 12.8 Å². The van der Waals surface area contributed by atoms with E-state index in [0.717, 1.165) is 31.9 Å². The smallest absolute Gasteiger partial charge is 0.234 e. The molecule has 2 heterocycles. The molecule has 1 saturated heterocycles. The first-order valence-corrected chi connectivity index (χ1v) is 7.27. The summed E-state index contributed by atoms with van der Waals surface area (Å²) in [6.45, 7) is 7.95. The Kier molecular flexibility index (Phi) is 5.39. The van der Waals surface area contributed by atoms with Crippen LogP contribution in [0.5, 0.6) is 5.88 Å². The molecule has 1 unspecified atom stereocenters. The van der Waals surface area contributed by atoms with Crippen molar-refractivity contribution in [2.75, 3.05) is 31.1 Å². The summed E-state index contributed by atoms with van der Waals surface area (Å²) >= 11 is 0. The first-order chi connectivity index (χ1) is 9.35. The maximum absolute atomic E-state index is 5.45. The van der Waals surface area contributed by atoms with Crippen LogP contribution in [0.25, 0.3) is 0 Å². The Balaban J connectivity index is 2.14. The quantitative estimate of drug-likeness (QED) is 0.849. The number of anilines is 1. The largest absolute Gasteiger partial charge is 0.477 e. The van der Waals surface area contributed by atoms with Gasteiger partial charge in [0, 0.05) is 19.1 Å². The molecule has 5 nitrogen and oxygen atoms in total. The zero-order valence-corrected chi connectivity index (χ0v) is 11.9. The predicted octanol–water partition coefficient (Wildman–Crippen LogP) is 1.84. The summed E-state index contributed by atoms with van der Waals surface area (Å²) in [4.78, 5) is 11.2. The Morgan fingerprint density at radius 2 is 2.32 bits per heavy atom. The zero-order chi connectivity index (χ0) is 13.5. The van der Waals surface area contributed by atoms with Crippen molar-refractivity contribution >= 4 is 5.82 Å². The van der Waals surface area contributed by atoms with Crippen molar-refractivity contribution in [3.8, 4) is 5.88 Å². The third kappa shape index (κ3) is 3.80. The van der Waals surface area contributed by atoms with Crippen molar-refractivity contribution in [2.24, 2.45) is 0 Å². The fourth-order valence-electron chi connectivity index (χ4n) is 2.52. The van der Waals surface area contributed by atoms with Gasteiger partial charge in [-0.25, -0.2) is 0 Å². The van der Waals surface area contributed by atoms with Gasteiger partial charge in [0.05, 0.1) is 19.0 Å². The first kappa shape index (κ1) is 14.1. The van der Waals surface area contributed by atoms with E-state index in [4.69, 9.17) is 4.74 Å². The molecule has 1 aliphatic rings. The third-order valence-electron chi connectivity index (χ3n) is 3.36. The van der Waals surface area contributed by atoms with Gasteiger partial charge in [-0.2, -0.15) is 4.98 Å². The van der Waals surface area contributed by atoms with Gasteiger partial charge in [-0.1, -0.05) is 6.92 Å². The van der Waals surface area contributed by atoms with Crippen LogP contribution in [0.2, 0.25) is 0 Å². The maximum atomic E-state index is 5.45. The minimum Gasteiger partial charge on any atom is -0.477 e. The van der Waals surface area contributed by atoms with Gasteiger partial charge >= 0.3 is 0 Å². The van der Waals surface area contributed by atoms with Crippen molar-refractivity contribution in [3.63, 3.8) is 0 Å². The van der Waals surface area contributed by atoms with E-state index in [0.29, 0.717) is 18.5 Å². The molecule has 1 aromatic rings. The molecule has 0 saturated carbocycles. The number of piperidine rings is 1. The third-order valence-corrected chi connectivity index (χ3v) is 3.36. The molecular weight excluding hydrogens is 240 g/mol. The van der Waals surface area contributed by atoms with Gasteiger partial charge < -0.3 is 15.0 Å². The Morgan fingerprint density at radius 1 is 1.42 bits per heavy atom. The van der Waals surface area contributed by atoms with Crippen LogP contribution in [0.15, 0.2) is 12.4 Å². The van der Waals surface area contributed by atoms with E-state index in [-0.39, 0.29) is 0 Å². The normalized spacial score (nSPS) is 19.2. The van der Waals surface area contributed by atoms with Gasteiger partial charge in [0.25, 0.3) is 0 Å². The highest BCUT2D eigenvalue weighted by Gasteiger charge is 2.22. The summed E-state index contributed by atoms with van der Waals surface area (Å²) in [5, 5.41) is 3.46. The Morgan fingerprint density at radius 3 is 3.00 bits per heavy atom. The minimum absolute atomic E-state index is 0.514. The lowest BCUT2D eigenvalue weighted by Gasteiger charge is -2.35. The molecule has 1 N–H and O–H groups in total. The van der Waals surface area contributed by atoms with Crippen LogP contribution in [-0.4, -0.2) is 42.3 Å². The molecular formula is C14H24N4O. The Labute approximate surface area is 115 Å². The topological polar surface area (TPSA) is 50.3 Å². The van der Waals surface area contributed by atoms with E-state index >= 15 is 0 Å². The molecule has 0 spiro atoms. The lowest BCUT2D eigenvalue weighted by atomic mass is 10.1. The molecule has 1 aromatic heterocycles. The highest BCUT2D eigenvalue weighted by atomic mass is 16.5. The van der Waals surface area contributed by atoms with Crippen LogP contribution in [-0.2, 0) is 0 Å². The minimum atomic E-state index is 0.514. The van der Waals surface area contributed by atoms with E-state index < -0.39 is 0 Å². The molecule has 0 amide bonds. The summed E-state index contributed by atoms with van der Waals surface area (Å²) < 4.78 is 5.45. The summed E-state index contributed by atoms with van der Waals surface area (Å²) in [6.07, 6.45) is 7.07. The van der Waals surface area contributed by atoms with Gasteiger partial charge in [-0.15, -0.1) is 0 Å². The lowest BCUT2D eigenvalue weighted by Crippen LogP contribution is -2.46. The van der Waals surface area contributed by atoms with Gasteiger partial charge in [-0.05, 0) is 32.7 Å². The monoisotopic (exact) mass is 264 g/mol. The van der Waals surface area contributed by atoms with Crippen LogP contribution in [0, 0.1) is 0 Å². The average molecular weight is 264 g/mol. The van der Waals surface area contributed by atoms with Crippen molar-refractivity contribution in [2.45, 2.75) is 39.2 Å². The zero-order valence-electron chi connectivity index (χ0n) is 11.9. The predicted molar refractivity (Wildman–Crippen MR) is 76.7 cm³/mol. The second-order valence-electron chi connectivity index (χ2n) is 4.84. The van der Waals surface area contributed by atoms with E-state index in [1.807, 2.05) is 13.1 Å². The number of nitrogens with zero attached hydrogens (tertiary/aromatic N) is 3. The van der Waals surface area contributed by atoms with Crippen LogP contribution in [0.4, 0.5) is 5.82 Å². The highest BCUT2D eigenvalue weighted by molar-refractivity contribution is 5.39. The fraction of sp³-hybridized carbons (Fsp3) is 0.714. The lowest BCUT2D eigenvalue weighted by molar-refractivity contribution is 0.324. The summed E-state index contributed by atoms with van der Waals surface area (Å²) in [7, 11) is 0. The second-order valence-corrected chi connectivity index (χ2v) is 4.84. The summed E-state index contributed by atoms with van der Waals surface area (Å²) in [5.74, 6) is 1.55. The van der Waals surface area contributed by atoms with Crippen molar-refractivity contribution in [1.82, 2.24) is 15.3 Å². The van der Waals surface area contributed by atoms with E-state index in [1.54, 1.807) is 6.20 Å². The number of hydrogen-bond donors (Lipinski definition) is 1. The molecule has 2 rings (SSSR count). The molecule has 106 valence electrons. The fourth-order valence-corrected chi connectivity index (χ4v) is 2.52. The van der Waals surface area contributed by atoms with E-state index in [2.05, 4.69) is 27.1 Å². The number of hydrogen-bond acceptors (Lipinski definition) is 5. The standard InChI is InChI=1S/C14H24N4O/c1-3-8-18(12-6-5-7-15-9-12)13-10-16-11-14(17-13)19-4-2/h10-12,15H,3-9H2,1-2H3. The molecule has 1 aliphatic heterocycles. The number of nitrogens with one attached hydrogen (secondary N) is 1. The number of aromatic nitrogens is 2. The van der Waals surface area contributed by atoms with Crippen molar-refractivity contribution in [1.29, 1.82) is 0 Å². The van der Waals surface area contributed by atoms with Gasteiger partial charge in [0.2, 0.25) is 5.88 Å². The van der Waals surface area contributed by atoms with Crippen LogP contribution in [0.1, 0.15) is 33.1 Å². The SMILES string of the molecule is CCCN(c1cncc(OCC)n1)C1CCCNC1. The molecule has 0 bridgehead atoms. The molecule has 5 heteroatoms. The Bertz CT molecular complexity index is 379. The highest BCUT2D eigenvalue weighted by Crippen LogP contribution is 2.20. The van der Waals surface area contributed by atoms with E-state index in [9.17, 15) is 0 Å². The molecule has 19 heavy (non-hydrogen) atoms. The second kappa shape index (κ2) is 7.28. The van der Waals surface area contributed by atoms with Gasteiger partial charge in [0.15, 0.2) is 5.82 Å². The molecule has 1 fully saturated rings. The molecule has 1 atom stereocenters.